The molecule has 0 radical (unpaired) electrons. The summed E-state index contributed by atoms with van der Waals surface area (Å²) in [6.45, 7) is 2.36. The van der Waals surface area contributed by atoms with E-state index < -0.39 is 0 Å². The van der Waals surface area contributed by atoms with Crippen LogP contribution < -0.4 is 0 Å². The van der Waals surface area contributed by atoms with E-state index in [9.17, 15) is 0 Å². The largest absolute Gasteiger partial charge is 0.361 e. The molecule has 0 saturated heterocycles. The van der Waals surface area contributed by atoms with Gasteiger partial charge in [0.1, 0.15) is 0 Å². The van der Waals surface area contributed by atoms with Crippen LogP contribution in [0.1, 0.15) is 30.4 Å². The van der Waals surface area contributed by atoms with E-state index in [1.54, 1.807) is 0 Å². The van der Waals surface area contributed by atoms with Gasteiger partial charge in [-0.3, -0.25) is 4.98 Å². The third kappa shape index (κ3) is 4.01. The van der Waals surface area contributed by atoms with Gasteiger partial charge in [-0.05, 0) is 93.7 Å². The van der Waals surface area contributed by atoms with Crippen molar-refractivity contribution in [2.75, 3.05) is 0 Å². The molecular weight excluding hydrogens is 546 g/mol. The lowest BCUT2D eigenvalue weighted by atomic mass is 9.77. The van der Waals surface area contributed by atoms with Gasteiger partial charge in [0.05, 0.1) is 16.6 Å². The number of benzene rings is 5. The maximum atomic E-state index is 4.50. The fourth-order valence-electron chi connectivity index (χ4n) is 7.50. The van der Waals surface area contributed by atoms with E-state index in [1.165, 1.54) is 66.3 Å². The third-order valence-corrected chi connectivity index (χ3v) is 9.49. The number of nitrogens with one attached hydrogen (secondary N) is 1. The molecule has 0 amide bonds. The predicted octanol–water partition coefficient (Wildman–Crippen LogP) is 11.2. The molecule has 45 heavy (non-hydrogen) atoms. The summed E-state index contributed by atoms with van der Waals surface area (Å²) in [5.74, 6) is 0.430. The van der Waals surface area contributed by atoms with Gasteiger partial charge >= 0.3 is 0 Å². The number of nitrogens with zero attached hydrogens (tertiary/aromatic N) is 2. The number of allylic oxidation sites excluding steroid dienone is 1. The highest BCUT2D eigenvalue weighted by molar-refractivity contribution is 6.11. The lowest BCUT2D eigenvalue weighted by Crippen LogP contribution is -2.06. The number of H-pyrrole nitrogens is 1. The number of rotatable bonds is 4. The third-order valence-electron chi connectivity index (χ3n) is 9.49. The second-order valence-electron chi connectivity index (χ2n) is 12.1. The van der Waals surface area contributed by atoms with Crippen molar-refractivity contribution in [2.45, 2.75) is 19.3 Å². The molecule has 1 aliphatic rings. The van der Waals surface area contributed by atoms with Crippen LogP contribution in [0, 0.1) is 0 Å². The molecule has 1 aliphatic carbocycles. The van der Waals surface area contributed by atoms with Crippen molar-refractivity contribution in [1.82, 2.24) is 14.5 Å². The zero-order valence-corrected chi connectivity index (χ0v) is 25.0. The van der Waals surface area contributed by atoms with Crippen LogP contribution in [0.2, 0.25) is 0 Å². The lowest BCUT2D eigenvalue weighted by molar-refractivity contribution is 0.775. The molecule has 0 saturated carbocycles. The Morgan fingerprint density at radius 3 is 2.29 bits per heavy atom. The maximum Gasteiger partial charge on any atom is 0.0571 e. The van der Waals surface area contributed by atoms with Crippen molar-refractivity contribution in [3.05, 3.63) is 151 Å². The average molecular weight is 578 g/mol. The molecule has 9 rings (SSSR count). The Labute approximate surface area is 262 Å². The number of para-hydroxylation sites is 1. The Hall–Kier alpha value is -5.67. The maximum absolute atomic E-state index is 4.50. The van der Waals surface area contributed by atoms with Gasteiger partial charge in [-0.2, -0.15) is 0 Å². The van der Waals surface area contributed by atoms with Gasteiger partial charge in [0.15, 0.2) is 0 Å². The van der Waals surface area contributed by atoms with E-state index in [-0.39, 0.29) is 0 Å². The summed E-state index contributed by atoms with van der Waals surface area (Å²) in [5.41, 5.74) is 15.0. The minimum atomic E-state index is 0.430. The number of aromatic amines is 1. The average Bonchev–Trinajstić information content (AvgIpc) is 3.71. The first-order valence-corrected chi connectivity index (χ1v) is 15.7. The van der Waals surface area contributed by atoms with Gasteiger partial charge in [0, 0.05) is 46.0 Å². The topological polar surface area (TPSA) is 33.6 Å². The van der Waals surface area contributed by atoms with Crippen molar-refractivity contribution >= 4 is 38.8 Å². The van der Waals surface area contributed by atoms with Crippen LogP contribution in [-0.4, -0.2) is 14.5 Å². The summed E-state index contributed by atoms with van der Waals surface area (Å²) >= 11 is 0. The smallest absolute Gasteiger partial charge is 0.0571 e. The molecule has 1 N–H and O–H groups in total. The molecule has 3 heterocycles. The van der Waals surface area contributed by atoms with Crippen LogP contribution in [0.4, 0.5) is 0 Å². The second-order valence-corrected chi connectivity index (χ2v) is 12.1. The van der Waals surface area contributed by atoms with E-state index in [0.717, 1.165) is 23.0 Å². The first-order valence-electron chi connectivity index (χ1n) is 15.7. The van der Waals surface area contributed by atoms with E-state index >= 15 is 0 Å². The molecule has 3 aromatic heterocycles. The molecule has 3 heteroatoms. The highest BCUT2D eigenvalue weighted by atomic mass is 15.0. The van der Waals surface area contributed by atoms with E-state index in [2.05, 4.69) is 155 Å². The van der Waals surface area contributed by atoms with Crippen LogP contribution in [0.15, 0.2) is 140 Å². The fourth-order valence-corrected chi connectivity index (χ4v) is 7.50. The first-order chi connectivity index (χ1) is 22.3. The Morgan fingerprint density at radius 1 is 0.667 bits per heavy atom. The fraction of sp³-hybridized carbons (Fsp3) is 0.0714. The summed E-state index contributed by atoms with van der Waals surface area (Å²) in [6, 6.07) is 41.7. The molecule has 1 unspecified atom stereocenters. The Kier molecular flexibility index (Phi) is 5.85. The van der Waals surface area contributed by atoms with Gasteiger partial charge < -0.3 is 9.55 Å². The van der Waals surface area contributed by atoms with Gasteiger partial charge in [0.2, 0.25) is 0 Å². The molecule has 214 valence electrons. The lowest BCUT2D eigenvalue weighted by Gasteiger charge is -2.26. The molecule has 3 nitrogen and oxygen atoms in total. The highest BCUT2D eigenvalue weighted by Gasteiger charge is 2.26. The first kappa shape index (κ1) is 25.8. The number of aromatic nitrogens is 3. The Balaban J connectivity index is 1.25. The zero-order valence-electron chi connectivity index (χ0n) is 25.0. The number of hydrogen-bond acceptors (Lipinski definition) is 1. The van der Waals surface area contributed by atoms with E-state index in [4.69, 9.17) is 0 Å². The number of fused-ring (bicyclic) bond motifs is 5. The molecule has 8 aromatic rings. The molecule has 0 spiro atoms. The van der Waals surface area contributed by atoms with Crippen LogP contribution in [0.3, 0.4) is 0 Å². The van der Waals surface area contributed by atoms with Crippen molar-refractivity contribution in [2.24, 2.45) is 0 Å². The summed E-state index contributed by atoms with van der Waals surface area (Å²) in [4.78, 5) is 8.14. The second kappa shape index (κ2) is 10.2. The van der Waals surface area contributed by atoms with Crippen molar-refractivity contribution in [1.29, 1.82) is 0 Å². The minimum Gasteiger partial charge on any atom is -0.361 e. The molecule has 0 fully saturated rings. The standard InChI is InChI=1S/C42H31N3/c1-27-10-8-17-33-39(27)40(28-11-4-2-5-12-28)34-20-23-44-42(34)41(33)31-14-9-13-29(24-31)30-18-19-37-35(25-30)36-26-43-22-21-38(36)45(37)32-15-6-3-7-16-32/h2-9,11-27,44H,10H2,1H3. The normalized spacial score (nSPS) is 14.4. The van der Waals surface area contributed by atoms with E-state index in [1.807, 2.05) is 12.4 Å². The zero-order chi connectivity index (χ0) is 29.9. The monoisotopic (exact) mass is 577 g/mol. The Morgan fingerprint density at radius 2 is 1.42 bits per heavy atom. The number of pyridine rings is 1. The molecule has 0 aliphatic heterocycles. The number of hydrogen-bond donors (Lipinski definition) is 1. The predicted molar refractivity (Wildman–Crippen MR) is 189 cm³/mol. The molecule has 1 atom stereocenters. The van der Waals surface area contributed by atoms with Crippen LogP contribution in [-0.2, 0) is 0 Å². The molecular formula is C42H31N3. The summed E-state index contributed by atoms with van der Waals surface area (Å²) in [6.07, 6.45) is 11.7. The summed E-state index contributed by atoms with van der Waals surface area (Å²) in [7, 11) is 0. The van der Waals surface area contributed by atoms with Gasteiger partial charge in [-0.25, -0.2) is 0 Å². The van der Waals surface area contributed by atoms with Crippen molar-refractivity contribution < 1.29 is 0 Å². The van der Waals surface area contributed by atoms with Gasteiger partial charge in [-0.15, -0.1) is 0 Å². The summed E-state index contributed by atoms with van der Waals surface area (Å²) < 4.78 is 2.34. The van der Waals surface area contributed by atoms with Gasteiger partial charge in [-0.1, -0.05) is 91.9 Å². The highest BCUT2D eigenvalue weighted by Crippen LogP contribution is 2.48. The quantitative estimate of drug-likeness (QED) is 0.222. The van der Waals surface area contributed by atoms with Crippen molar-refractivity contribution in [3.63, 3.8) is 0 Å². The van der Waals surface area contributed by atoms with Gasteiger partial charge in [0.25, 0.3) is 0 Å². The SMILES string of the molecule is CC1CC=Cc2c1c(-c1ccccc1)c1cc[nH]c1c2-c1cccc(-c2ccc3c(c2)c2cnccc2n3-c2ccccc2)c1. The summed E-state index contributed by atoms with van der Waals surface area (Å²) in [5, 5.41) is 3.65. The molecule has 5 aromatic carbocycles. The van der Waals surface area contributed by atoms with Crippen LogP contribution >= 0.6 is 0 Å². The minimum absolute atomic E-state index is 0.430. The van der Waals surface area contributed by atoms with Crippen LogP contribution in [0.25, 0.3) is 77.9 Å². The molecule has 0 bridgehead atoms. The van der Waals surface area contributed by atoms with Crippen molar-refractivity contribution in [3.8, 4) is 39.1 Å². The van der Waals surface area contributed by atoms with Crippen LogP contribution in [0.5, 0.6) is 0 Å². The van der Waals surface area contributed by atoms with E-state index in [0.29, 0.717) is 5.92 Å². The Bertz CT molecular complexity index is 2410.